The first kappa shape index (κ1) is 12.1. The van der Waals surface area contributed by atoms with Crippen LogP contribution >= 0.6 is 0 Å². The Morgan fingerprint density at radius 1 is 1.28 bits per heavy atom. The lowest BCUT2D eigenvalue weighted by Crippen LogP contribution is -2.29. The maximum Gasteiger partial charge on any atom is 0.228 e. The van der Waals surface area contributed by atoms with Crippen LogP contribution in [0, 0.1) is 5.92 Å². The van der Waals surface area contributed by atoms with E-state index in [0.29, 0.717) is 12.0 Å². The minimum Gasteiger partial charge on any atom is -0.381 e. The summed E-state index contributed by atoms with van der Waals surface area (Å²) in [5.74, 6) is 2.88. The summed E-state index contributed by atoms with van der Waals surface area (Å²) >= 11 is 0. The molecule has 0 radical (unpaired) electrons. The summed E-state index contributed by atoms with van der Waals surface area (Å²) in [5.41, 5.74) is 0. The lowest BCUT2D eigenvalue weighted by Gasteiger charge is -2.18. The quantitative estimate of drug-likeness (QED) is 0.859. The Morgan fingerprint density at radius 3 is 2.72 bits per heavy atom. The van der Waals surface area contributed by atoms with E-state index < -0.39 is 0 Å². The van der Waals surface area contributed by atoms with Crippen LogP contribution in [-0.4, -0.2) is 36.4 Å². The van der Waals surface area contributed by atoms with Crippen molar-refractivity contribution < 1.29 is 9.26 Å². The topological polar surface area (TPSA) is 60.2 Å². The van der Waals surface area contributed by atoms with Crippen LogP contribution in [-0.2, 0) is 11.2 Å². The van der Waals surface area contributed by atoms with Crippen molar-refractivity contribution in [2.24, 2.45) is 5.92 Å². The first-order chi connectivity index (χ1) is 8.86. The zero-order valence-corrected chi connectivity index (χ0v) is 10.9. The number of ether oxygens (including phenoxy) is 1. The minimum absolute atomic E-state index is 0.421. The number of likely N-dealkylation sites (N-methyl/N-ethyl adjacent to an activating group) is 1. The van der Waals surface area contributed by atoms with Crippen molar-refractivity contribution in [2.45, 2.75) is 44.1 Å². The van der Waals surface area contributed by atoms with E-state index in [4.69, 9.17) is 9.26 Å². The summed E-state index contributed by atoms with van der Waals surface area (Å²) in [6.07, 6.45) is 5.53. The van der Waals surface area contributed by atoms with Gasteiger partial charge < -0.3 is 14.6 Å². The molecule has 1 aliphatic carbocycles. The van der Waals surface area contributed by atoms with Crippen molar-refractivity contribution in [2.75, 3.05) is 20.3 Å². The first-order valence-corrected chi connectivity index (χ1v) is 6.94. The van der Waals surface area contributed by atoms with Crippen LogP contribution in [0.4, 0.5) is 0 Å². The predicted molar refractivity (Wildman–Crippen MR) is 66.4 cm³/mol. The zero-order chi connectivity index (χ0) is 12.4. The molecular formula is C13H21N3O2. The van der Waals surface area contributed by atoms with Crippen molar-refractivity contribution in [3.63, 3.8) is 0 Å². The number of rotatable bonds is 5. The predicted octanol–water partition coefficient (Wildman–Crippen LogP) is 1.50. The Kier molecular flexibility index (Phi) is 3.61. The fraction of sp³-hybridized carbons (Fsp3) is 0.846. The standard InChI is InChI=1S/C13H21N3O2/c1-14-11(9-2-3-9)8-12-15-13(16-18-12)10-4-6-17-7-5-10/h9-11,14H,2-8H2,1H3. The van der Waals surface area contributed by atoms with Crippen LogP contribution in [0.15, 0.2) is 4.52 Å². The molecule has 0 aromatic carbocycles. The Balaban J connectivity index is 1.61. The van der Waals surface area contributed by atoms with Gasteiger partial charge >= 0.3 is 0 Å². The summed E-state index contributed by atoms with van der Waals surface area (Å²) in [6.45, 7) is 1.63. The lowest BCUT2D eigenvalue weighted by molar-refractivity contribution is 0.0830. The highest BCUT2D eigenvalue weighted by molar-refractivity contribution is 4.99. The van der Waals surface area contributed by atoms with Gasteiger partial charge in [0.05, 0.1) is 0 Å². The van der Waals surface area contributed by atoms with Crippen LogP contribution in [0.5, 0.6) is 0 Å². The van der Waals surface area contributed by atoms with E-state index in [0.717, 1.165) is 50.1 Å². The SMILES string of the molecule is CNC(Cc1nc(C2CCOCC2)no1)C1CC1. The number of hydrogen-bond donors (Lipinski definition) is 1. The van der Waals surface area contributed by atoms with E-state index in [-0.39, 0.29) is 0 Å². The van der Waals surface area contributed by atoms with Gasteiger partial charge in [0.15, 0.2) is 5.82 Å². The zero-order valence-electron chi connectivity index (χ0n) is 10.9. The van der Waals surface area contributed by atoms with Crippen molar-refractivity contribution >= 4 is 0 Å². The molecule has 1 aliphatic heterocycles. The normalized spacial score (nSPS) is 23.2. The summed E-state index contributed by atoms with van der Waals surface area (Å²) in [4.78, 5) is 4.56. The summed E-state index contributed by atoms with van der Waals surface area (Å²) < 4.78 is 10.7. The molecule has 0 amide bonds. The molecule has 100 valence electrons. The summed E-state index contributed by atoms with van der Waals surface area (Å²) in [7, 11) is 2.01. The van der Waals surface area contributed by atoms with Gasteiger partial charge in [0.25, 0.3) is 0 Å². The highest BCUT2D eigenvalue weighted by Crippen LogP contribution is 2.34. The minimum atomic E-state index is 0.421. The van der Waals surface area contributed by atoms with Gasteiger partial charge in [-0.3, -0.25) is 0 Å². The molecule has 5 heteroatoms. The molecule has 5 nitrogen and oxygen atoms in total. The second-order valence-corrected chi connectivity index (χ2v) is 5.37. The Hall–Kier alpha value is -0.940. The summed E-state index contributed by atoms with van der Waals surface area (Å²) in [6, 6.07) is 0.494. The molecule has 1 aromatic heterocycles. The second kappa shape index (κ2) is 5.36. The molecule has 18 heavy (non-hydrogen) atoms. The molecule has 0 spiro atoms. The molecular weight excluding hydrogens is 230 g/mol. The highest BCUT2D eigenvalue weighted by atomic mass is 16.5. The number of aromatic nitrogens is 2. The maximum absolute atomic E-state index is 5.39. The smallest absolute Gasteiger partial charge is 0.228 e. The number of nitrogens with zero attached hydrogens (tertiary/aromatic N) is 2. The molecule has 3 rings (SSSR count). The first-order valence-electron chi connectivity index (χ1n) is 6.94. The fourth-order valence-electron chi connectivity index (χ4n) is 2.66. The maximum atomic E-state index is 5.39. The monoisotopic (exact) mass is 251 g/mol. The molecule has 1 unspecified atom stereocenters. The third-order valence-corrected chi connectivity index (χ3v) is 4.03. The molecule has 1 saturated carbocycles. The van der Waals surface area contributed by atoms with Gasteiger partial charge in [-0.05, 0) is 38.6 Å². The third-order valence-electron chi connectivity index (χ3n) is 4.03. The molecule has 2 fully saturated rings. The van der Waals surface area contributed by atoms with Gasteiger partial charge in [-0.15, -0.1) is 0 Å². The van der Waals surface area contributed by atoms with Gasteiger partial charge in [-0.1, -0.05) is 5.16 Å². The molecule has 2 heterocycles. The van der Waals surface area contributed by atoms with Gasteiger partial charge in [0.2, 0.25) is 5.89 Å². The molecule has 1 N–H and O–H groups in total. The Bertz CT molecular complexity index is 383. The van der Waals surface area contributed by atoms with Crippen molar-refractivity contribution in [1.82, 2.24) is 15.5 Å². The van der Waals surface area contributed by atoms with Crippen LogP contribution < -0.4 is 5.32 Å². The van der Waals surface area contributed by atoms with E-state index in [9.17, 15) is 0 Å². The Labute approximate surface area is 107 Å². The van der Waals surface area contributed by atoms with E-state index in [1.807, 2.05) is 7.05 Å². The van der Waals surface area contributed by atoms with E-state index in [1.54, 1.807) is 0 Å². The van der Waals surface area contributed by atoms with E-state index in [2.05, 4.69) is 15.5 Å². The molecule has 1 saturated heterocycles. The average Bonchev–Trinajstić information content (AvgIpc) is 3.16. The summed E-state index contributed by atoms with van der Waals surface area (Å²) in [5, 5.41) is 7.49. The van der Waals surface area contributed by atoms with Gasteiger partial charge in [0.1, 0.15) is 0 Å². The number of nitrogens with one attached hydrogen (secondary N) is 1. The van der Waals surface area contributed by atoms with Crippen LogP contribution in [0.3, 0.4) is 0 Å². The van der Waals surface area contributed by atoms with Crippen molar-refractivity contribution in [3.8, 4) is 0 Å². The van der Waals surface area contributed by atoms with Crippen LogP contribution in [0.2, 0.25) is 0 Å². The fourth-order valence-corrected chi connectivity index (χ4v) is 2.66. The average molecular weight is 251 g/mol. The van der Waals surface area contributed by atoms with Gasteiger partial charge in [-0.25, -0.2) is 0 Å². The van der Waals surface area contributed by atoms with E-state index in [1.165, 1.54) is 12.8 Å². The molecule has 1 aromatic rings. The molecule has 1 atom stereocenters. The Morgan fingerprint density at radius 2 is 2.06 bits per heavy atom. The largest absolute Gasteiger partial charge is 0.381 e. The van der Waals surface area contributed by atoms with Crippen molar-refractivity contribution in [1.29, 1.82) is 0 Å². The van der Waals surface area contributed by atoms with Gasteiger partial charge in [0, 0.05) is 31.6 Å². The van der Waals surface area contributed by atoms with E-state index >= 15 is 0 Å². The molecule has 2 aliphatic rings. The highest BCUT2D eigenvalue weighted by Gasteiger charge is 2.31. The molecule has 0 bridgehead atoms. The third kappa shape index (κ3) is 2.72. The van der Waals surface area contributed by atoms with Crippen LogP contribution in [0.1, 0.15) is 43.3 Å². The van der Waals surface area contributed by atoms with Crippen LogP contribution in [0.25, 0.3) is 0 Å². The lowest BCUT2D eigenvalue weighted by atomic mass is 10.00. The van der Waals surface area contributed by atoms with Gasteiger partial charge in [-0.2, -0.15) is 4.98 Å². The second-order valence-electron chi connectivity index (χ2n) is 5.37. The number of hydrogen-bond acceptors (Lipinski definition) is 5. The van der Waals surface area contributed by atoms with Crippen molar-refractivity contribution in [3.05, 3.63) is 11.7 Å².